The van der Waals surface area contributed by atoms with Crippen molar-refractivity contribution in [2.75, 3.05) is 14.2 Å². The Labute approximate surface area is 112 Å². The van der Waals surface area contributed by atoms with Crippen LogP contribution in [0.25, 0.3) is 0 Å². The Balaban J connectivity index is 2.53. The fourth-order valence-corrected chi connectivity index (χ4v) is 2.35. The Morgan fingerprint density at radius 1 is 1.21 bits per heavy atom. The molecule has 19 heavy (non-hydrogen) atoms. The van der Waals surface area contributed by atoms with Gasteiger partial charge in [-0.2, -0.15) is 0 Å². The maximum absolute atomic E-state index is 13.5. The van der Waals surface area contributed by atoms with E-state index in [4.69, 9.17) is 9.15 Å². The van der Waals surface area contributed by atoms with Crippen LogP contribution in [-0.2, 0) is 0 Å². The zero-order chi connectivity index (χ0) is 14.0. The lowest BCUT2D eigenvalue weighted by Gasteiger charge is -2.19. The van der Waals surface area contributed by atoms with Crippen LogP contribution in [0.15, 0.2) is 28.7 Å². The van der Waals surface area contributed by atoms with Crippen LogP contribution in [0.2, 0.25) is 0 Å². The first-order valence-corrected chi connectivity index (χ1v) is 6.14. The summed E-state index contributed by atoms with van der Waals surface area (Å²) in [6, 6.07) is 6.31. The lowest BCUT2D eigenvalue weighted by Crippen LogP contribution is -2.19. The van der Waals surface area contributed by atoms with Crippen molar-refractivity contribution in [2.24, 2.45) is 0 Å². The molecule has 1 aromatic heterocycles. The molecule has 102 valence electrons. The summed E-state index contributed by atoms with van der Waals surface area (Å²) in [6.45, 7) is 3.80. The van der Waals surface area contributed by atoms with Gasteiger partial charge < -0.3 is 14.5 Å². The van der Waals surface area contributed by atoms with Crippen LogP contribution in [0, 0.1) is 19.7 Å². The highest BCUT2D eigenvalue weighted by Crippen LogP contribution is 2.33. The second-order valence-corrected chi connectivity index (χ2v) is 4.48. The van der Waals surface area contributed by atoms with Crippen molar-refractivity contribution in [3.63, 3.8) is 0 Å². The van der Waals surface area contributed by atoms with E-state index in [0.29, 0.717) is 5.75 Å². The molecular weight excluding hydrogens is 245 g/mol. The molecule has 1 heterocycles. The monoisotopic (exact) mass is 263 g/mol. The number of benzene rings is 1. The molecule has 0 saturated heterocycles. The summed E-state index contributed by atoms with van der Waals surface area (Å²) in [4.78, 5) is 0. The van der Waals surface area contributed by atoms with E-state index < -0.39 is 0 Å². The van der Waals surface area contributed by atoms with Crippen LogP contribution in [0.1, 0.15) is 28.7 Å². The molecular formula is C15H18FNO2. The van der Waals surface area contributed by atoms with Gasteiger partial charge in [-0.25, -0.2) is 4.39 Å². The summed E-state index contributed by atoms with van der Waals surface area (Å²) < 4.78 is 24.4. The zero-order valence-corrected chi connectivity index (χ0v) is 11.6. The molecule has 2 rings (SSSR count). The van der Waals surface area contributed by atoms with Gasteiger partial charge in [0, 0.05) is 11.1 Å². The van der Waals surface area contributed by atoms with E-state index in [2.05, 4.69) is 5.32 Å². The minimum Gasteiger partial charge on any atom is -0.496 e. The molecule has 0 aliphatic carbocycles. The van der Waals surface area contributed by atoms with Gasteiger partial charge in [-0.05, 0) is 45.2 Å². The lowest BCUT2D eigenvalue weighted by molar-refractivity contribution is 0.403. The maximum atomic E-state index is 13.5. The van der Waals surface area contributed by atoms with Crippen molar-refractivity contribution in [3.8, 4) is 5.75 Å². The van der Waals surface area contributed by atoms with Crippen LogP contribution < -0.4 is 10.1 Å². The highest BCUT2D eigenvalue weighted by molar-refractivity contribution is 5.43. The summed E-state index contributed by atoms with van der Waals surface area (Å²) in [5.74, 6) is 2.03. The number of furan rings is 1. The molecule has 0 spiro atoms. The molecule has 1 atom stereocenters. The molecule has 1 aromatic carbocycles. The van der Waals surface area contributed by atoms with E-state index >= 15 is 0 Å². The average molecular weight is 263 g/mol. The normalized spacial score (nSPS) is 12.5. The van der Waals surface area contributed by atoms with Crippen LogP contribution in [0.5, 0.6) is 5.75 Å². The lowest BCUT2D eigenvalue weighted by atomic mass is 9.98. The number of nitrogens with one attached hydrogen (secondary N) is 1. The number of hydrogen-bond donors (Lipinski definition) is 1. The number of hydrogen-bond acceptors (Lipinski definition) is 3. The molecule has 0 radical (unpaired) electrons. The first kappa shape index (κ1) is 13.6. The molecule has 1 N–H and O–H groups in total. The third-order valence-corrected chi connectivity index (χ3v) is 3.18. The summed E-state index contributed by atoms with van der Waals surface area (Å²) in [6.07, 6.45) is 0. The summed E-state index contributed by atoms with van der Waals surface area (Å²) in [5, 5.41) is 3.18. The fraction of sp³-hybridized carbons (Fsp3) is 0.333. The van der Waals surface area contributed by atoms with E-state index in [-0.39, 0.29) is 11.9 Å². The molecule has 0 aliphatic rings. The fourth-order valence-electron chi connectivity index (χ4n) is 2.35. The minimum atomic E-state index is -0.283. The van der Waals surface area contributed by atoms with Gasteiger partial charge in [0.15, 0.2) is 0 Å². The molecule has 0 fully saturated rings. The largest absolute Gasteiger partial charge is 0.496 e. The van der Waals surface area contributed by atoms with Crippen molar-refractivity contribution in [1.82, 2.24) is 5.32 Å². The third kappa shape index (κ3) is 2.63. The zero-order valence-electron chi connectivity index (χ0n) is 11.6. The smallest absolute Gasteiger partial charge is 0.124 e. The predicted molar refractivity (Wildman–Crippen MR) is 72.0 cm³/mol. The molecule has 0 aliphatic heterocycles. The molecule has 3 nitrogen and oxygen atoms in total. The first-order valence-electron chi connectivity index (χ1n) is 6.14. The summed E-state index contributed by atoms with van der Waals surface area (Å²) in [7, 11) is 3.41. The van der Waals surface area contributed by atoms with E-state index in [1.54, 1.807) is 13.2 Å². The summed E-state index contributed by atoms with van der Waals surface area (Å²) >= 11 is 0. The van der Waals surface area contributed by atoms with Gasteiger partial charge in [-0.1, -0.05) is 0 Å². The first-order chi connectivity index (χ1) is 9.06. The second kappa shape index (κ2) is 5.45. The van der Waals surface area contributed by atoms with Gasteiger partial charge in [0.1, 0.15) is 23.1 Å². The predicted octanol–water partition coefficient (Wildman–Crippen LogP) is 3.35. The van der Waals surface area contributed by atoms with Crippen molar-refractivity contribution in [3.05, 3.63) is 52.7 Å². The van der Waals surface area contributed by atoms with Crippen LogP contribution in [0.3, 0.4) is 0 Å². The van der Waals surface area contributed by atoms with Gasteiger partial charge in [-0.15, -0.1) is 0 Å². The Morgan fingerprint density at radius 2 is 1.95 bits per heavy atom. The highest BCUT2D eigenvalue weighted by atomic mass is 19.1. The standard InChI is InChI=1S/C15H18FNO2/c1-9-7-12(10(2)19-9)15(17-3)13-8-11(16)5-6-14(13)18-4/h5-8,15,17H,1-4H3. The van der Waals surface area contributed by atoms with E-state index in [1.807, 2.05) is 27.0 Å². The quantitative estimate of drug-likeness (QED) is 0.918. The Bertz CT molecular complexity index is 578. The van der Waals surface area contributed by atoms with Crippen LogP contribution >= 0.6 is 0 Å². The SMILES string of the molecule is CNC(c1cc(F)ccc1OC)c1cc(C)oc1C. The van der Waals surface area contributed by atoms with Crippen LogP contribution in [0.4, 0.5) is 4.39 Å². The van der Waals surface area contributed by atoms with Crippen molar-refractivity contribution in [1.29, 1.82) is 0 Å². The Morgan fingerprint density at radius 3 is 2.47 bits per heavy atom. The van der Waals surface area contributed by atoms with E-state index in [0.717, 1.165) is 22.6 Å². The maximum Gasteiger partial charge on any atom is 0.124 e. The number of ether oxygens (including phenoxy) is 1. The Hall–Kier alpha value is -1.81. The van der Waals surface area contributed by atoms with E-state index in [9.17, 15) is 4.39 Å². The van der Waals surface area contributed by atoms with Gasteiger partial charge in [0.2, 0.25) is 0 Å². The summed E-state index contributed by atoms with van der Waals surface area (Å²) in [5.41, 5.74) is 1.75. The third-order valence-electron chi connectivity index (χ3n) is 3.18. The topological polar surface area (TPSA) is 34.4 Å². The van der Waals surface area contributed by atoms with E-state index in [1.165, 1.54) is 12.1 Å². The van der Waals surface area contributed by atoms with Crippen molar-refractivity contribution >= 4 is 0 Å². The second-order valence-electron chi connectivity index (χ2n) is 4.48. The number of rotatable bonds is 4. The molecule has 0 bridgehead atoms. The average Bonchev–Trinajstić information content (AvgIpc) is 2.70. The number of methoxy groups -OCH3 is 1. The Kier molecular flexibility index (Phi) is 3.90. The van der Waals surface area contributed by atoms with Gasteiger partial charge in [0.05, 0.1) is 13.2 Å². The molecule has 4 heteroatoms. The molecule has 0 amide bonds. The minimum absolute atomic E-state index is 0.164. The number of halogens is 1. The van der Waals surface area contributed by atoms with Crippen LogP contribution in [-0.4, -0.2) is 14.2 Å². The number of aryl methyl sites for hydroxylation is 2. The van der Waals surface area contributed by atoms with Crippen molar-refractivity contribution < 1.29 is 13.5 Å². The van der Waals surface area contributed by atoms with Gasteiger partial charge in [0.25, 0.3) is 0 Å². The van der Waals surface area contributed by atoms with Crippen molar-refractivity contribution in [2.45, 2.75) is 19.9 Å². The van der Waals surface area contributed by atoms with Gasteiger partial charge in [-0.3, -0.25) is 0 Å². The molecule has 1 unspecified atom stereocenters. The van der Waals surface area contributed by atoms with Gasteiger partial charge >= 0.3 is 0 Å². The highest BCUT2D eigenvalue weighted by Gasteiger charge is 2.21. The molecule has 0 saturated carbocycles. The molecule has 2 aromatic rings.